The lowest BCUT2D eigenvalue weighted by Gasteiger charge is -2.21. The van der Waals surface area contributed by atoms with E-state index in [1.165, 1.54) is 0 Å². The standard InChI is InChI=1S/C16H26ClN3O2/c1-5-18-15(20-12-16(2,3)21-4)19-9-10-22-14-8-6-7-13(17)11-14/h6-8,11H,5,9-10,12H2,1-4H3,(H2,18,19,20). The Hall–Kier alpha value is -1.46. The Kier molecular flexibility index (Phi) is 8.06. The third kappa shape index (κ3) is 7.52. The van der Waals surface area contributed by atoms with Gasteiger partial charge in [0.25, 0.3) is 0 Å². The summed E-state index contributed by atoms with van der Waals surface area (Å²) in [6.45, 7) is 8.58. The van der Waals surface area contributed by atoms with Gasteiger partial charge in [-0.1, -0.05) is 17.7 Å². The predicted molar refractivity (Wildman–Crippen MR) is 92.0 cm³/mol. The van der Waals surface area contributed by atoms with Crippen molar-refractivity contribution < 1.29 is 9.47 Å². The Bertz CT molecular complexity index is 478. The van der Waals surface area contributed by atoms with Gasteiger partial charge in [0, 0.05) is 18.7 Å². The van der Waals surface area contributed by atoms with Gasteiger partial charge >= 0.3 is 0 Å². The van der Waals surface area contributed by atoms with Crippen molar-refractivity contribution >= 4 is 17.6 Å². The average Bonchev–Trinajstić information content (AvgIpc) is 2.49. The van der Waals surface area contributed by atoms with Gasteiger partial charge in [-0.2, -0.15) is 0 Å². The number of nitrogens with zero attached hydrogens (tertiary/aromatic N) is 1. The average molecular weight is 328 g/mol. The number of halogens is 1. The summed E-state index contributed by atoms with van der Waals surface area (Å²) < 4.78 is 11.0. The highest BCUT2D eigenvalue weighted by Gasteiger charge is 2.15. The number of hydrogen-bond acceptors (Lipinski definition) is 3. The third-order valence-corrected chi connectivity index (χ3v) is 3.21. The first-order chi connectivity index (χ1) is 10.5. The fourth-order valence-corrected chi connectivity index (χ4v) is 1.75. The zero-order chi connectivity index (χ0) is 16.4. The number of benzene rings is 1. The van der Waals surface area contributed by atoms with Gasteiger partial charge in [0.2, 0.25) is 0 Å². The molecular weight excluding hydrogens is 302 g/mol. The van der Waals surface area contributed by atoms with Crippen molar-refractivity contribution in [3.8, 4) is 5.75 Å². The minimum Gasteiger partial charge on any atom is -0.492 e. The minimum atomic E-state index is -0.278. The first-order valence-corrected chi connectivity index (χ1v) is 7.80. The zero-order valence-corrected chi connectivity index (χ0v) is 14.5. The van der Waals surface area contributed by atoms with Crippen LogP contribution in [0.4, 0.5) is 0 Å². The maximum atomic E-state index is 5.91. The molecule has 0 radical (unpaired) electrons. The highest BCUT2D eigenvalue weighted by Crippen LogP contribution is 2.16. The fraction of sp³-hybridized carbons (Fsp3) is 0.562. The lowest BCUT2D eigenvalue weighted by Crippen LogP contribution is -2.40. The SMILES string of the molecule is CCNC(=NCC(C)(C)OC)NCCOc1cccc(Cl)c1. The van der Waals surface area contributed by atoms with Crippen LogP contribution in [0.1, 0.15) is 20.8 Å². The molecule has 0 atom stereocenters. The maximum Gasteiger partial charge on any atom is 0.191 e. The van der Waals surface area contributed by atoms with Crippen LogP contribution in [0.15, 0.2) is 29.3 Å². The molecule has 0 aliphatic carbocycles. The van der Waals surface area contributed by atoms with Crippen molar-refractivity contribution in [3.63, 3.8) is 0 Å². The highest BCUT2D eigenvalue weighted by atomic mass is 35.5. The molecule has 1 rings (SSSR count). The summed E-state index contributed by atoms with van der Waals surface area (Å²) in [5, 5.41) is 7.09. The molecule has 0 bridgehead atoms. The molecule has 1 aromatic carbocycles. The molecule has 0 amide bonds. The maximum absolute atomic E-state index is 5.91. The molecule has 0 fully saturated rings. The van der Waals surface area contributed by atoms with E-state index in [1.807, 2.05) is 39.0 Å². The van der Waals surface area contributed by atoms with E-state index in [2.05, 4.69) is 15.6 Å². The Balaban J connectivity index is 2.39. The quantitative estimate of drug-likeness (QED) is 0.438. The minimum absolute atomic E-state index is 0.278. The molecule has 0 aromatic heterocycles. The van der Waals surface area contributed by atoms with Crippen molar-refractivity contribution in [2.75, 3.05) is 33.4 Å². The van der Waals surface area contributed by atoms with Crippen LogP contribution in [-0.2, 0) is 4.74 Å². The number of methoxy groups -OCH3 is 1. The van der Waals surface area contributed by atoms with Crippen LogP contribution in [0.5, 0.6) is 5.75 Å². The summed E-state index contributed by atoms with van der Waals surface area (Å²) in [4.78, 5) is 4.51. The second kappa shape index (κ2) is 9.54. The second-order valence-corrected chi connectivity index (χ2v) is 5.83. The summed E-state index contributed by atoms with van der Waals surface area (Å²) >= 11 is 5.91. The van der Waals surface area contributed by atoms with E-state index in [4.69, 9.17) is 21.1 Å². The molecule has 5 nitrogen and oxygen atoms in total. The van der Waals surface area contributed by atoms with Crippen LogP contribution in [0.3, 0.4) is 0 Å². The van der Waals surface area contributed by atoms with Gasteiger partial charge in [0.15, 0.2) is 5.96 Å². The van der Waals surface area contributed by atoms with Crippen molar-refractivity contribution in [1.29, 1.82) is 0 Å². The van der Waals surface area contributed by atoms with Crippen LogP contribution in [-0.4, -0.2) is 44.9 Å². The van der Waals surface area contributed by atoms with E-state index in [0.29, 0.717) is 24.7 Å². The van der Waals surface area contributed by atoms with Gasteiger partial charge in [0.1, 0.15) is 12.4 Å². The molecule has 1 aromatic rings. The molecule has 0 aliphatic heterocycles. The van der Waals surface area contributed by atoms with Gasteiger partial charge in [-0.3, -0.25) is 4.99 Å². The molecule has 0 aliphatic rings. The number of rotatable bonds is 8. The summed E-state index contributed by atoms with van der Waals surface area (Å²) in [6.07, 6.45) is 0. The van der Waals surface area contributed by atoms with Crippen LogP contribution in [0.25, 0.3) is 0 Å². The number of hydrogen-bond donors (Lipinski definition) is 2. The molecule has 2 N–H and O–H groups in total. The third-order valence-electron chi connectivity index (χ3n) is 2.97. The smallest absolute Gasteiger partial charge is 0.191 e. The van der Waals surface area contributed by atoms with Gasteiger partial charge in [0.05, 0.1) is 18.7 Å². The van der Waals surface area contributed by atoms with Gasteiger partial charge < -0.3 is 20.1 Å². The number of aliphatic imine (C=N–C) groups is 1. The van der Waals surface area contributed by atoms with Crippen LogP contribution in [0, 0.1) is 0 Å². The van der Waals surface area contributed by atoms with E-state index in [-0.39, 0.29) is 5.60 Å². The Morgan fingerprint density at radius 2 is 2.09 bits per heavy atom. The van der Waals surface area contributed by atoms with Gasteiger partial charge in [-0.15, -0.1) is 0 Å². The molecule has 0 saturated carbocycles. The van der Waals surface area contributed by atoms with Gasteiger partial charge in [-0.05, 0) is 39.0 Å². The number of nitrogens with one attached hydrogen (secondary N) is 2. The first kappa shape index (κ1) is 18.6. The van der Waals surface area contributed by atoms with E-state index in [0.717, 1.165) is 18.3 Å². The van der Waals surface area contributed by atoms with Crippen LogP contribution < -0.4 is 15.4 Å². The van der Waals surface area contributed by atoms with Crippen LogP contribution >= 0.6 is 11.6 Å². The fourth-order valence-electron chi connectivity index (χ4n) is 1.57. The Morgan fingerprint density at radius 1 is 1.32 bits per heavy atom. The summed E-state index contributed by atoms with van der Waals surface area (Å²) in [5.74, 6) is 1.51. The summed E-state index contributed by atoms with van der Waals surface area (Å²) in [7, 11) is 1.69. The van der Waals surface area contributed by atoms with E-state index < -0.39 is 0 Å². The lowest BCUT2D eigenvalue weighted by molar-refractivity contribution is 0.0310. The Labute approximate surface area is 138 Å². The molecule has 0 saturated heterocycles. The monoisotopic (exact) mass is 327 g/mol. The largest absolute Gasteiger partial charge is 0.492 e. The number of ether oxygens (including phenoxy) is 2. The Morgan fingerprint density at radius 3 is 2.73 bits per heavy atom. The van der Waals surface area contributed by atoms with Crippen molar-refractivity contribution in [1.82, 2.24) is 10.6 Å². The highest BCUT2D eigenvalue weighted by molar-refractivity contribution is 6.30. The second-order valence-electron chi connectivity index (χ2n) is 5.39. The molecule has 124 valence electrons. The summed E-state index contributed by atoms with van der Waals surface area (Å²) in [5.41, 5.74) is -0.278. The van der Waals surface area contributed by atoms with E-state index >= 15 is 0 Å². The van der Waals surface area contributed by atoms with Crippen molar-refractivity contribution in [2.45, 2.75) is 26.4 Å². The molecule has 6 heteroatoms. The molecule has 0 unspecified atom stereocenters. The molecular formula is C16H26ClN3O2. The summed E-state index contributed by atoms with van der Waals surface area (Å²) in [6, 6.07) is 7.36. The van der Waals surface area contributed by atoms with Gasteiger partial charge in [-0.25, -0.2) is 0 Å². The van der Waals surface area contributed by atoms with Crippen molar-refractivity contribution in [2.24, 2.45) is 4.99 Å². The normalized spacial score (nSPS) is 12.1. The molecule has 0 spiro atoms. The predicted octanol–water partition coefficient (Wildman–Crippen LogP) is 2.70. The lowest BCUT2D eigenvalue weighted by atomic mass is 10.1. The van der Waals surface area contributed by atoms with E-state index in [9.17, 15) is 0 Å². The number of guanidine groups is 1. The molecule has 22 heavy (non-hydrogen) atoms. The zero-order valence-electron chi connectivity index (χ0n) is 13.8. The van der Waals surface area contributed by atoms with E-state index in [1.54, 1.807) is 13.2 Å². The first-order valence-electron chi connectivity index (χ1n) is 7.42. The molecule has 0 heterocycles. The van der Waals surface area contributed by atoms with Crippen LogP contribution in [0.2, 0.25) is 5.02 Å². The van der Waals surface area contributed by atoms with Crippen molar-refractivity contribution in [3.05, 3.63) is 29.3 Å². The topological polar surface area (TPSA) is 54.9 Å².